The molecule has 0 saturated heterocycles. The normalized spacial score (nSPS) is 23.0. The van der Waals surface area contributed by atoms with Gasteiger partial charge in [-0.1, -0.05) is 59.8 Å². The lowest BCUT2D eigenvalue weighted by atomic mass is 9.69. The first-order valence-electron chi connectivity index (χ1n) is 11.9. The fourth-order valence-electron chi connectivity index (χ4n) is 4.51. The van der Waals surface area contributed by atoms with Crippen molar-refractivity contribution in [3.05, 3.63) is 24.3 Å². The Morgan fingerprint density at radius 1 is 1.13 bits per heavy atom. The number of carbonyl (C=O) groups is 1. The third-order valence-corrected chi connectivity index (χ3v) is 6.72. The smallest absolute Gasteiger partial charge is 0.326 e. The van der Waals surface area contributed by atoms with Gasteiger partial charge in [0.05, 0.1) is 0 Å². The lowest BCUT2D eigenvalue weighted by Crippen LogP contribution is -2.39. The molecule has 1 aromatic rings. The summed E-state index contributed by atoms with van der Waals surface area (Å²) >= 11 is 0. The lowest BCUT2D eigenvalue weighted by molar-refractivity contribution is -0.138. The highest BCUT2D eigenvalue weighted by Gasteiger charge is 2.37. The molecule has 0 amide bonds. The van der Waals surface area contributed by atoms with Crippen molar-refractivity contribution in [3.8, 4) is 5.75 Å². The van der Waals surface area contributed by atoms with Crippen molar-refractivity contribution in [2.24, 2.45) is 11.3 Å². The summed E-state index contributed by atoms with van der Waals surface area (Å²) in [5, 5.41) is 12.7. The van der Waals surface area contributed by atoms with Gasteiger partial charge in [0.1, 0.15) is 17.4 Å². The summed E-state index contributed by atoms with van der Waals surface area (Å²) in [6.45, 7) is 11.4. The Morgan fingerprint density at radius 2 is 1.73 bits per heavy atom. The van der Waals surface area contributed by atoms with Crippen LogP contribution in [-0.4, -0.2) is 22.7 Å². The highest BCUT2D eigenvalue weighted by atomic mass is 16.5. The van der Waals surface area contributed by atoms with Crippen molar-refractivity contribution >= 4 is 11.7 Å². The van der Waals surface area contributed by atoms with Crippen molar-refractivity contribution in [3.63, 3.8) is 0 Å². The number of ether oxygens (including phenoxy) is 1. The molecule has 30 heavy (non-hydrogen) atoms. The minimum Gasteiger partial charge on any atom is -0.488 e. The van der Waals surface area contributed by atoms with Crippen LogP contribution in [0.4, 0.5) is 5.69 Å². The minimum absolute atomic E-state index is 0.112. The summed E-state index contributed by atoms with van der Waals surface area (Å²) in [6, 6.07) is 7.26. The molecule has 0 heterocycles. The standard InChI is InChI=1S/C26H43NO3/c1-6-7-8-9-10-11-23(24(28)29)27-21-12-14-22(15-13-21)30-26(5)18-16-20(17-19-26)25(2,3)4/h12-15,20,23,27H,6-11,16-19H2,1-5H3,(H,28,29). The first kappa shape index (κ1) is 24.6. The van der Waals surface area contributed by atoms with Crippen molar-refractivity contribution in [2.45, 2.75) is 110 Å². The second-order valence-electron chi connectivity index (χ2n) is 10.5. The van der Waals surface area contributed by atoms with Gasteiger partial charge in [0.25, 0.3) is 0 Å². The second-order valence-corrected chi connectivity index (χ2v) is 10.5. The van der Waals surface area contributed by atoms with Crippen LogP contribution in [0.2, 0.25) is 0 Å². The number of anilines is 1. The predicted octanol–water partition coefficient (Wildman–Crippen LogP) is 7.29. The summed E-state index contributed by atoms with van der Waals surface area (Å²) in [4.78, 5) is 11.6. The van der Waals surface area contributed by atoms with Crippen LogP contribution in [0.3, 0.4) is 0 Å². The van der Waals surface area contributed by atoms with E-state index in [1.54, 1.807) is 0 Å². The molecule has 2 rings (SSSR count). The molecule has 1 aliphatic carbocycles. The van der Waals surface area contributed by atoms with E-state index in [-0.39, 0.29) is 5.60 Å². The Kier molecular flexibility index (Phi) is 9.06. The first-order chi connectivity index (χ1) is 14.1. The van der Waals surface area contributed by atoms with Gasteiger partial charge >= 0.3 is 5.97 Å². The summed E-state index contributed by atoms with van der Waals surface area (Å²) in [5.74, 6) is 0.841. The van der Waals surface area contributed by atoms with E-state index in [1.165, 1.54) is 32.1 Å². The van der Waals surface area contributed by atoms with E-state index in [2.05, 4.69) is 39.9 Å². The number of benzene rings is 1. The van der Waals surface area contributed by atoms with Crippen LogP contribution >= 0.6 is 0 Å². The zero-order valence-corrected chi connectivity index (χ0v) is 19.8. The van der Waals surface area contributed by atoms with Gasteiger partial charge in [-0.15, -0.1) is 0 Å². The second kappa shape index (κ2) is 11.1. The van der Waals surface area contributed by atoms with E-state index < -0.39 is 12.0 Å². The summed E-state index contributed by atoms with van der Waals surface area (Å²) < 4.78 is 6.37. The maximum Gasteiger partial charge on any atom is 0.326 e. The quantitative estimate of drug-likeness (QED) is 0.371. The Labute approximate surface area is 183 Å². The molecule has 4 heteroatoms. The monoisotopic (exact) mass is 417 g/mol. The Hall–Kier alpha value is -1.71. The summed E-state index contributed by atoms with van der Waals surface area (Å²) in [7, 11) is 0. The van der Waals surface area contributed by atoms with Gasteiger partial charge < -0.3 is 15.2 Å². The van der Waals surface area contributed by atoms with Crippen LogP contribution in [0.5, 0.6) is 5.75 Å². The lowest BCUT2D eigenvalue weighted by Gasteiger charge is -2.42. The molecule has 1 aliphatic rings. The molecule has 0 spiro atoms. The molecule has 1 unspecified atom stereocenters. The van der Waals surface area contributed by atoms with Crippen LogP contribution in [0.25, 0.3) is 0 Å². The predicted molar refractivity (Wildman–Crippen MR) is 125 cm³/mol. The number of nitrogens with one attached hydrogen (secondary N) is 1. The molecule has 0 aromatic heterocycles. The van der Waals surface area contributed by atoms with E-state index in [0.717, 1.165) is 43.0 Å². The molecule has 170 valence electrons. The van der Waals surface area contributed by atoms with Crippen molar-refractivity contribution in [2.75, 3.05) is 5.32 Å². The van der Waals surface area contributed by atoms with E-state index in [4.69, 9.17) is 4.74 Å². The SMILES string of the molecule is CCCCCCCC(Nc1ccc(OC2(C)CCC(C(C)(C)C)CC2)cc1)C(=O)O. The van der Waals surface area contributed by atoms with Crippen molar-refractivity contribution in [1.82, 2.24) is 0 Å². The van der Waals surface area contributed by atoms with E-state index in [1.807, 2.05) is 24.3 Å². The molecule has 0 radical (unpaired) electrons. The topological polar surface area (TPSA) is 58.6 Å². The van der Waals surface area contributed by atoms with E-state index in [9.17, 15) is 9.90 Å². The van der Waals surface area contributed by atoms with Crippen LogP contribution in [0, 0.1) is 11.3 Å². The fourth-order valence-corrected chi connectivity index (χ4v) is 4.51. The molecule has 1 aromatic carbocycles. The van der Waals surface area contributed by atoms with Crippen molar-refractivity contribution in [1.29, 1.82) is 0 Å². The zero-order valence-electron chi connectivity index (χ0n) is 19.8. The Morgan fingerprint density at radius 3 is 2.27 bits per heavy atom. The molecule has 0 bridgehead atoms. The summed E-state index contributed by atoms with van der Waals surface area (Å²) in [5.41, 5.74) is 1.09. The average Bonchev–Trinajstić information content (AvgIpc) is 2.67. The fraction of sp³-hybridized carbons (Fsp3) is 0.731. The minimum atomic E-state index is -0.783. The molecular formula is C26H43NO3. The van der Waals surface area contributed by atoms with Gasteiger partial charge in [-0.25, -0.2) is 4.79 Å². The maximum absolute atomic E-state index is 11.6. The van der Waals surface area contributed by atoms with Gasteiger partial charge in [-0.3, -0.25) is 0 Å². The van der Waals surface area contributed by atoms with Crippen molar-refractivity contribution < 1.29 is 14.6 Å². The summed E-state index contributed by atoms with van der Waals surface area (Å²) in [6.07, 6.45) is 10.9. The highest BCUT2D eigenvalue weighted by Crippen LogP contribution is 2.43. The van der Waals surface area contributed by atoms with Crippen LogP contribution in [0.15, 0.2) is 24.3 Å². The maximum atomic E-state index is 11.6. The van der Waals surface area contributed by atoms with Crippen LogP contribution in [-0.2, 0) is 4.79 Å². The largest absolute Gasteiger partial charge is 0.488 e. The van der Waals surface area contributed by atoms with Gasteiger partial charge in [0.2, 0.25) is 0 Å². The number of carboxylic acids is 1. The number of rotatable bonds is 11. The number of carboxylic acid groups (broad SMARTS) is 1. The highest BCUT2D eigenvalue weighted by molar-refractivity contribution is 5.77. The molecule has 4 nitrogen and oxygen atoms in total. The van der Waals surface area contributed by atoms with Gasteiger partial charge in [-0.05, 0) is 74.6 Å². The van der Waals surface area contributed by atoms with E-state index >= 15 is 0 Å². The van der Waals surface area contributed by atoms with Gasteiger partial charge in [0.15, 0.2) is 0 Å². The molecule has 1 fully saturated rings. The zero-order chi connectivity index (χ0) is 22.2. The molecule has 1 atom stereocenters. The number of hydrogen-bond acceptors (Lipinski definition) is 3. The number of unbranched alkanes of at least 4 members (excludes halogenated alkanes) is 4. The first-order valence-corrected chi connectivity index (χ1v) is 11.9. The third kappa shape index (κ3) is 7.85. The molecule has 1 saturated carbocycles. The van der Waals surface area contributed by atoms with Gasteiger partial charge in [-0.2, -0.15) is 0 Å². The number of aliphatic carboxylic acids is 1. The molecular weight excluding hydrogens is 374 g/mol. The van der Waals surface area contributed by atoms with Gasteiger partial charge in [0, 0.05) is 5.69 Å². The number of hydrogen-bond donors (Lipinski definition) is 2. The third-order valence-electron chi connectivity index (χ3n) is 6.72. The molecule has 0 aliphatic heterocycles. The Balaban J connectivity index is 1.85. The van der Waals surface area contributed by atoms with Crippen LogP contribution < -0.4 is 10.1 Å². The van der Waals surface area contributed by atoms with E-state index in [0.29, 0.717) is 11.8 Å². The molecule has 2 N–H and O–H groups in total. The average molecular weight is 418 g/mol. The van der Waals surface area contributed by atoms with Crippen LogP contribution in [0.1, 0.15) is 98.8 Å². The Bertz CT molecular complexity index is 639.